The molecule has 1 aromatic heterocycles. The Morgan fingerprint density at radius 1 is 1.43 bits per heavy atom. The van der Waals surface area contributed by atoms with Crippen LogP contribution in [-0.2, 0) is 0 Å². The summed E-state index contributed by atoms with van der Waals surface area (Å²) in [5.74, 6) is 0. The third-order valence-electron chi connectivity index (χ3n) is 2.64. The number of hydrogen-bond donors (Lipinski definition) is 2. The maximum absolute atomic E-state index is 9.36. The smallest absolute Gasteiger partial charge is 0.183 e. The quantitative estimate of drug-likeness (QED) is 0.789. The van der Waals surface area contributed by atoms with Crippen LogP contribution in [0, 0.1) is 6.92 Å². The second-order valence-corrected chi connectivity index (χ2v) is 4.80. The summed E-state index contributed by atoms with van der Waals surface area (Å²) in [6.07, 6.45) is 3.87. The average Bonchev–Trinajstić information content (AvgIpc) is 2.56. The Labute approximate surface area is 88.2 Å². The Balaban J connectivity index is 1.86. The largest absolute Gasteiger partial charge is 0.393 e. The lowest BCUT2D eigenvalue weighted by atomic mass is 9.93. The van der Waals surface area contributed by atoms with Gasteiger partial charge in [-0.3, -0.25) is 0 Å². The molecule has 4 heteroatoms. The van der Waals surface area contributed by atoms with Crippen LogP contribution in [0.3, 0.4) is 0 Å². The minimum Gasteiger partial charge on any atom is -0.393 e. The average molecular weight is 212 g/mol. The Morgan fingerprint density at radius 2 is 2.14 bits per heavy atom. The van der Waals surface area contributed by atoms with Crippen molar-refractivity contribution >= 4 is 16.5 Å². The number of aromatic nitrogens is 1. The summed E-state index contributed by atoms with van der Waals surface area (Å²) in [7, 11) is 0. The van der Waals surface area contributed by atoms with E-state index in [0.29, 0.717) is 6.04 Å². The van der Waals surface area contributed by atoms with Crippen LogP contribution in [0.4, 0.5) is 5.13 Å². The molecule has 0 spiro atoms. The van der Waals surface area contributed by atoms with Gasteiger partial charge in [-0.25, -0.2) is 4.98 Å². The van der Waals surface area contributed by atoms with Gasteiger partial charge in [0.15, 0.2) is 5.13 Å². The van der Waals surface area contributed by atoms with Gasteiger partial charge in [-0.15, -0.1) is 11.3 Å². The van der Waals surface area contributed by atoms with Crippen molar-refractivity contribution in [3.05, 3.63) is 11.1 Å². The van der Waals surface area contributed by atoms with Gasteiger partial charge in [0, 0.05) is 11.4 Å². The van der Waals surface area contributed by atoms with Crippen molar-refractivity contribution in [3.8, 4) is 0 Å². The number of thiazole rings is 1. The van der Waals surface area contributed by atoms with Gasteiger partial charge >= 0.3 is 0 Å². The molecule has 1 aliphatic carbocycles. The first kappa shape index (κ1) is 9.93. The number of nitrogens with zero attached hydrogens (tertiary/aromatic N) is 1. The lowest BCUT2D eigenvalue weighted by molar-refractivity contribution is 0.126. The van der Waals surface area contributed by atoms with Crippen LogP contribution in [-0.4, -0.2) is 22.2 Å². The lowest BCUT2D eigenvalue weighted by Crippen LogP contribution is -2.28. The molecular weight excluding hydrogens is 196 g/mol. The highest BCUT2D eigenvalue weighted by atomic mass is 32.1. The molecule has 0 saturated heterocycles. The third kappa shape index (κ3) is 2.45. The standard InChI is InChI=1S/C10H16N2OS/c1-7-6-14-10(11-7)12-8-2-4-9(13)5-3-8/h6,8-9,13H,2-5H2,1H3,(H,11,12). The highest BCUT2D eigenvalue weighted by molar-refractivity contribution is 7.13. The van der Waals surface area contributed by atoms with Crippen molar-refractivity contribution in [1.82, 2.24) is 4.98 Å². The van der Waals surface area contributed by atoms with Crippen LogP contribution in [0.2, 0.25) is 0 Å². The molecule has 14 heavy (non-hydrogen) atoms. The molecule has 0 amide bonds. The minimum absolute atomic E-state index is 0.0777. The van der Waals surface area contributed by atoms with Crippen LogP contribution in [0.25, 0.3) is 0 Å². The fourth-order valence-electron chi connectivity index (χ4n) is 1.82. The predicted molar refractivity (Wildman–Crippen MR) is 58.7 cm³/mol. The zero-order valence-corrected chi connectivity index (χ0v) is 9.18. The first-order valence-corrected chi connectivity index (χ1v) is 5.99. The van der Waals surface area contributed by atoms with E-state index in [1.807, 2.05) is 6.92 Å². The molecule has 1 fully saturated rings. The second kappa shape index (κ2) is 4.28. The molecule has 0 atom stereocenters. The molecule has 1 saturated carbocycles. The van der Waals surface area contributed by atoms with E-state index >= 15 is 0 Å². The van der Waals surface area contributed by atoms with Crippen molar-refractivity contribution in [3.63, 3.8) is 0 Å². The van der Waals surface area contributed by atoms with Crippen LogP contribution < -0.4 is 5.32 Å². The molecule has 1 aliphatic rings. The van der Waals surface area contributed by atoms with Crippen LogP contribution in [0.1, 0.15) is 31.4 Å². The second-order valence-electron chi connectivity index (χ2n) is 3.94. The number of anilines is 1. The van der Waals surface area contributed by atoms with Crippen molar-refractivity contribution in [2.45, 2.75) is 44.8 Å². The summed E-state index contributed by atoms with van der Waals surface area (Å²) in [5, 5.41) is 15.8. The number of aryl methyl sites for hydroxylation is 1. The van der Waals surface area contributed by atoms with Crippen molar-refractivity contribution < 1.29 is 5.11 Å². The first-order chi connectivity index (χ1) is 6.74. The molecule has 78 valence electrons. The lowest BCUT2D eigenvalue weighted by Gasteiger charge is -2.25. The molecule has 3 nitrogen and oxygen atoms in total. The van der Waals surface area contributed by atoms with Crippen LogP contribution in [0.5, 0.6) is 0 Å². The third-order valence-corrected chi connectivity index (χ3v) is 3.53. The van der Waals surface area contributed by atoms with Gasteiger partial charge in [-0.2, -0.15) is 0 Å². The van der Waals surface area contributed by atoms with Gasteiger partial charge in [0.1, 0.15) is 0 Å². The summed E-state index contributed by atoms with van der Waals surface area (Å²) < 4.78 is 0. The van der Waals surface area contributed by atoms with E-state index in [2.05, 4.69) is 15.7 Å². The first-order valence-electron chi connectivity index (χ1n) is 5.11. The van der Waals surface area contributed by atoms with E-state index < -0.39 is 0 Å². The molecule has 2 rings (SSSR count). The Hall–Kier alpha value is -0.610. The highest BCUT2D eigenvalue weighted by Crippen LogP contribution is 2.23. The molecule has 0 aromatic carbocycles. The van der Waals surface area contributed by atoms with Crippen molar-refractivity contribution in [2.75, 3.05) is 5.32 Å². The Morgan fingerprint density at radius 3 is 2.71 bits per heavy atom. The topological polar surface area (TPSA) is 45.1 Å². The van der Waals surface area contributed by atoms with Gasteiger partial charge in [0.05, 0.1) is 11.8 Å². The van der Waals surface area contributed by atoms with Gasteiger partial charge in [-0.05, 0) is 32.6 Å². The minimum atomic E-state index is -0.0777. The van der Waals surface area contributed by atoms with E-state index in [1.165, 1.54) is 0 Å². The Kier molecular flexibility index (Phi) is 3.03. The molecule has 0 aliphatic heterocycles. The van der Waals surface area contributed by atoms with Crippen LogP contribution >= 0.6 is 11.3 Å². The van der Waals surface area contributed by atoms with Gasteiger partial charge in [0.25, 0.3) is 0 Å². The summed E-state index contributed by atoms with van der Waals surface area (Å²) >= 11 is 1.66. The van der Waals surface area contributed by atoms with Gasteiger partial charge < -0.3 is 10.4 Å². The maximum Gasteiger partial charge on any atom is 0.183 e. The fourth-order valence-corrected chi connectivity index (χ4v) is 2.58. The van der Waals surface area contributed by atoms with E-state index in [0.717, 1.165) is 36.5 Å². The monoisotopic (exact) mass is 212 g/mol. The van der Waals surface area contributed by atoms with Crippen LogP contribution in [0.15, 0.2) is 5.38 Å². The van der Waals surface area contributed by atoms with E-state index in [-0.39, 0.29) is 6.10 Å². The SMILES string of the molecule is Cc1csc(NC2CCC(O)CC2)n1. The fraction of sp³-hybridized carbons (Fsp3) is 0.700. The summed E-state index contributed by atoms with van der Waals surface area (Å²) in [5.41, 5.74) is 1.08. The number of aliphatic hydroxyl groups is 1. The summed E-state index contributed by atoms with van der Waals surface area (Å²) in [6.45, 7) is 2.01. The van der Waals surface area contributed by atoms with Crippen molar-refractivity contribution in [1.29, 1.82) is 0 Å². The molecule has 0 radical (unpaired) electrons. The molecular formula is C10H16N2OS. The number of nitrogens with one attached hydrogen (secondary N) is 1. The number of aliphatic hydroxyl groups excluding tert-OH is 1. The number of hydrogen-bond acceptors (Lipinski definition) is 4. The highest BCUT2D eigenvalue weighted by Gasteiger charge is 2.19. The summed E-state index contributed by atoms with van der Waals surface area (Å²) in [4.78, 5) is 4.37. The van der Waals surface area contributed by atoms with Gasteiger partial charge in [0.2, 0.25) is 0 Å². The molecule has 2 N–H and O–H groups in total. The molecule has 1 heterocycles. The van der Waals surface area contributed by atoms with Gasteiger partial charge in [-0.1, -0.05) is 0 Å². The summed E-state index contributed by atoms with van der Waals surface area (Å²) in [6, 6.07) is 0.504. The molecule has 0 bridgehead atoms. The van der Waals surface area contributed by atoms with E-state index in [9.17, 15) is 5.11 Å². The van der Waals surface area contributed by atoms with E-state index in [4.69, 9.17) is 0 Å². The van der Waals surface area contributed by atoms with E-state index in [1.54, 1.807) is 11.3 Å². The van der Waals surface area contributed by atoms with Crippen molar-refractivity contribution in [2.24, 2.45) is 0 Å². The Bertz CT molecular complexity index is 292. The zero-order valence-electron chi connectivity index (χ0n) is 8.36. The zero-order chi connectivity index (χ0) is 9.97. The predicted octanol–water partition coefficient (Wildman–Crippen LogP) is 2.17. The maximum atomic E-state index is 9.36. The normalized spacial score (nSPS) is 27.6. The molecule has 1 aromatic rings. The number of rotatable bonds is 2. The molecule has 0 unspecified atom stereocenters.